The van der Waals surface area contributed by atoms with Gasteiger partial charge in [-0.05, 0) is 25.1 Å². The number of hydrogen-bond acceptors (Lipinski definition) is 2. The molecule has 0 saturated heterocycles. The minimum Gasteiger partial charge on any atom is -0.324 e. The highest BCUT2D eigenvalue weighted by Gasteiger charge is 2.03. The van der Waals surface area contributed by atoms with Crippen molar-refractivity contribution in [3.8, 4) is 0 Å². The summed E-state index contributed by atoms with van der Waals surface area (Å²) in [6, 6.07) is 5.48. The summed E-state index contributed by atoms with van der Waals surface area (Å²) in [4.78, 5) is 15.1. The molecule has 0 unspecified atom stereocenters. The molecular weight excluding hydrogens is 164 g/mol. The number of aromatic nitrogens is 2. The van der Waals surface area contributed by atoms with Crippen LogP contribution in [-0.2, 0) is 7.05 Å². The number of hydrogen-bond donors (Lipinski definition) is 0. The van der Waals surface area contributed by atoms with E-state index in [-0.39, 0.29) is 5.78 Å². The first-order chi connectivity index (χ1) is 6.18. The number of imidazole rings is 1. The molecule has 1 aromatic carbocycles. The fourth-order valence-electron chi connectivity index (χ4n) is 1.30. The SMILES string of the molecule is CC(=O)c1ccc2c(c1)n[c]n2C. The molecule has 0 aliphatic heterocycles. The summed E-state index contributed by atoms with van der Waals surface area (Å²) in [5, 5.41) is 0. The van der Waals surface area contributed by atoms with Gasteiger partial charge < -0.3 is 4.57 Å². The second-order valence-electron chi connectivity index (χ2n) is 3.03. The molecule has 0 N–H and O–H groups in total. The predicted octanol–water partition coefficient (Wildman–Crippen LogP) is 1.58. The average Bonchev–Trinajstić information content (AvgIpc) is 2.47. The van der Waals surface area contributed by atoms with Gasteiger partial charge in [-0.1, -0.05) is 0 Å². The lowest BCUT2D eigenvalue weighted by atomic mass is 10.1. The molecule has 0 aliphatic carbocycles. The molecule has 65 valence electrons. The van der Waals surface area contributed by atoms with Gasteiger partial charge in [0.1, 0.15) is 0 Å². The number of benzene rings is 1. The van der Waals surface area contributed by atoms with Crippen LogP contribution >= 0.6 is 0 Å². The Hall–Kier alpha value is -1.64. The fourth-order valence-corrected chi connectivity index (χ4v) is 1.30. The third kappa shape index (κ3) is 1.22. The van der Waals surface area contributed by atoms with Crippen molar-refractivity contribution in [2.45, 2.75) is 6.92 Å². The van der Waals surface area contributed by atoms with Crippen molar-refractivity contribution in [3.63, 3.8) is 0 Å². The van der Waals surface area contributed by atoms with E-state index in [0.717, 1.165) is 11.0 Å². The summed E-state index contributed by atoms with van der Waals surface area (Å²) in [5.41, 5.74) is 2.50. The number of ketones is 1. The molecule has 0 amide bonds. The summed E-state index contributed by atoms with van der Waals surface area (Å²) in [6.45, 7) is 1.55. The average molecular weight is 173 g/mol. The molecule has 0 fully saturated rings. The summed E-state index contributed by atoms with van der Waals surface area (Å²) >= 11 is 0. The summed E-state index contributed by atoms with van der Waals surface area (Å²) < 4.78 is 1.80. The third-order valence-corrected chi connectivity index (χ3v) is 2.06. The first-order valence-corrected chi connectivity index (χ1v) is 4.03. The highest BCUT2D eigenvalue weighted by Crippen LogP contribution is 2.13. The zero-order chi connectivity index (χ0) is 9.42. The van der Waals surface area contributed by atoms with Crippen molar-refractivity contribution in [2.24, 2.45) is 7.05 Å². The van der Waals surface area contributed by atoms with Crippen LogP contribution in [0.1, 0.15) is 17.3 Å². The Morgan fingerprint density at radius 3 is 3.00 bits per heavy atom. The first-order valence-electron chi connectivity index (χ1n) is 4.03. The van der Waals surface area contributed by atoms with Gasteiger partial charge in [-0.2, -0.15) is 0 Å². The Balaban J connectivity index is 2.70. The van der Waals surface area contributed by atoms with Crippen molar-refractivity contribution in [1.29, 1.82) is 0 Å². The third-order valence-electron chi connectivity index (χ3n) is 2.06. The standard InChI is InChI=1S/C10H9N2O/c1-7(13)8-3-4-10-9(5-8)11-6-12(10)2/h3-5H,1-2H3. The molecule has 3 heteroatoms. The topological polar surface area (TPSA) is 34.9 Å². The minimum atomic E-state index is 0.0625. The van der Waals surface area contributed by atoms with E-state index in [2.05, 4.69) is 11.3 Å². The Labute approximate surface area is 76.0 Å². The van der Waals surface area contributed by atoms with E-state index in [1.54, 1.807) is 23.6 Å². The van der Waals surface area contributed by atoms with Crippen molar-refractivity contribution >= 4 is 16.8 Å². The minimum absolute atomic E-state index is 0.0625. The summed E-state index contributed by atoms with van der Waals surface area (Å²) in [5.74, 6) is 0.0625. The van der Waals surface area contributed by atoms with Crippen molar-refractivity contribution in [3.05, 3.63) is 30.1 Å². The van der Waals surface area contributed by atoms with Crippen LogP contribution in [0, 0.1) is 6.33 Å². The second-order valence-corrected chi connectivity index (χ2v) is 3.03. The molecule has 3 nitrogen and oxygen atoms in total. The van der Waals surface area contributed by atoms with Gasteiger partial charge in [0, 0.05) is 12.6 Å². The molecule has 1 heterocycles. The number of carbonyl (C=O) groups is 1. The number of rotatable bonds is 1. The number of fused-ring (bicyclic) bond motifs is 1. The van der Waals surface area contributed by atoms with E-state index < -0.39 is 0 Å². The van der Waals surface area contributed by atoms with Gasteiger partial charge >= 0.3 is 0 Å². The van der Waals surface area contributed by atoms with E-state index in [1.165, 1.54) is 0 Å². The maximum Gasteiger partial charge on any atom is 0.177 e. The van der Waals surface area contributed by atoms with Gasteiger partial charge in [-0.15, -0.1) is 0 Å². The van der Waals surface area contributed by atoms with E-state index >= 15 is 0 Å². The smallest absolute Gasteiger partial charge is 0.177 e. The van der Waals surface area contributed by atoms with Crippen LogP contribution in [0.15, 0.2) is 18.2 Å². The molecule has 0 spiro atoms. The molecule has 13 heavy (non-hydrogen) atoms. The molecule has 1 radical (unpaired) electrons. The van der Waals surface area contributed by atoms with Gasteiger partial charge in [0.2, 0.25) is 0 Å². The molecular formula is C10H9N2O. The maximum absolute atomic E-state index is 11.1. The molecule has 2 rings (SSSR count). The highest BCUT2D eigenvalue weighted by atomic mass is 16.1. The lowest BCUT2D eigenvalue weighted by molar-refractivity contribution is 0.101. The molecule has 1 aromatic heterocycles. The van der Waals surface area contributed by atoms with Gasteiger partial charge in [0.15, 0.2) is 12.1 Å². The van der Waals surface area contributed by atoms with Crippen LogP contribution in [0.25, 0.3) is 11.0 Å². The lowest BCUT2D eigenvalue weighted by Gasteiger charge is -1.96. The first kappa shape index (κ1) is 7.98. The van der Waals surface area contributed by atoms with E-state index in [1.807, 2.05) is 13.1 Å². The number of carbonyl (C=O) groups excluding carboxylic acids is 1. The van der Waals surface area contributed by atoms with Crippen LogP contribution < -0.4 is 0 Å². The van der Waals surface area contributed by atoms with Crippen LogP contribution in [-0.4, -0.2) is 15.3 Å². The summed E-state index contributed by atoms with van der Waals surface area (Å²) in [6.07, 6.45) is 2.80. The van der Waals surface area contributed by atoms with Gasteiger partial charge in [-0.25, -0.2) is 4.98 Å². The molecule has 0 aliphatic rings. The Morgan fingerprint density at radius 1 is 1.54 bits per heavy atom. The van der Waals surface area contributed by atoms with E-state index in [0.29, 0.717) is 5.56 Å². The van der Waals surface area contributed by atoms with Gasteiger partial charge in [-0.3, -0.25) is 4.79 Å². The van der Waals surface area contributed by atoms with Crippen LogP contribution in [0.5, 0.6) is 0 Å². The number of Topliss-reactive ketones (excluding diaryl/α,β-unsaturated/α-hetero) is 1. The summed E-state index contributed by atoms with van der Waals surface area (Å²) in [7, 11) is 1.88. The van der Waals surface area contributed by atoms with E-state index in [9.17, 15) is 4.79 Å². The molecule has 0 atom stereocenters. The zero-order valence-electron chi connectivity index (χ0n) is 7.53. The monoisotopic (exact) mass is 173 g/mol. The molecule has 0 saturated carbocycles. The second kappa shape index (κ2) is 2.69. The number of nitrogens with zero attached hydrogens (tertiary/aromatic N) is 2. The lowest BCUT2D eigenvalue weighted by Crippen LogP contribution is -1.91. The van der Waals surface area contributed by atoms with Crippen LogP contribution in [0.2, 0.25) is 0 Å². The molecule has 0 bridgehead atoms. The Morgan fingerprint density at radius 2 is 2.31 bits per heavy atom. The van der Waals surface area contributed by atoms with Crippen molar-refractivity contribution in [1.82, 2.24) is 9.55 Å². The van der Waals surface area contributed by atoms with Crippen molar-refractivity contribution in [2.75, 3.05) is 0 Å². The van der Waals surface area contributed by atoms with Crippen LogP contribution in [0.4, 0.5) is 0 Å². The Bertz CT molecular complexity index is 471. The largest absolute Gasteiger partial charge is 0.324 e. The molecule has 2 aromatic rings. The number of aryl methyl sites for hydroxylation is 1. The van der Waals surface area contributed by atoms with Crippen molar-refractivity contribution < 1.29 is 4.79 Å². The van der Waals surface area contributed by atoms with Crippen LogP contribution in [0.3, 0.4) is 0 Å². The maximum atomic E-state index is 11.1. The Kier molecular flexibility index (Phi) is 1.65. The zero-order valence-corrected chi connectivity index (χ0v) is 7.53. The fraction of sp³-hybridized carbons (Fsp3) is 0.200. The predicted molar refractivity (Wildman–Crippen MR) is 49.6 cm³/mol. The van der Waals surface area contributed by atoms with Gasteiger partial charge in [0.25, 0.3) is 0 Å². The quantitative estimate of drug-likeness (QED) is 0.613. The van der Waals surface area contributed by atoms with E-state index in [4.69, 9.17) is 0 Å². The highest BCUT2D eigenvalue weighted by molar-refractivity contribution is 5.97. The van der Waals surface area contributed by atoms with Gasteiger partial charge in [0.05, 0.1) is 11.0 Å². The normalized spacial score (nSPS) is 10.6.